The first-order valence-electron chi connectivity index (χ1n) is 5.38. The molecule has 5 nitrogen and oxygen atoms in total. The predicted molar refractivity (Wildman–Crippen MR) is 70.5 cm³/mol. The number of sulfonamides is 1. The zero-order chi connectivity index (χ0) is 14.1. The second kappa shape index (κ2) is 5.38. The molecular formula is C11H17NO4S2. The number of hydrogen-bond acceptors (Lipinski definition) is 5. The van der Waals surface area contributed by atoms with Crippen LogP contribution < -0.4 is 0 Å². The number of carbonyl (C=O) groups is 1. The Morgan fingerprint density at radius 3 is 2.44 bits per heavy atom. The molecule has 0 radical (unpaired) electrons. The molecule has 0 N–H and O–H groups in total. The first kappa shape index (κ1) is 15.1. The molecule has 0 aliphatic heterocycles. The van der Waals surface area contributed by atoms with Crippen LogP contribution in [-0.2, 0) is 14.8 Å². The molecule has 0 saturated heterocycles. The fourth-order valence-electron chi connectivity index (χ4n) is 1.41. The highest BCUT2D eigenvalue weighted by atomic mass is 32.2. The summed E-state index contributed by atoms with van der Waals surface area (Å²) in [6, 6.07) is -0.181. The zero-order valence-corrected chi connectivity index (χ0v) is 12.7. The normalized spacial score (nSPS) is 12.2. The van der Waals surface area contributed by atoms with Crippen molar-refractivity contribution in [1.82, 2.24) is 4.31 Å². The summed E-state index contributed by atoms with van der Waals surface area (Å²) in [6.45, 7) is 5.22. The van der Waals surface area contributed by atoms with Gasteiger partial charge in [-0.05, 0) is 31.7 Å². The molecule has 1 heterocycles. The second-order valence-corrected chi connectivity index (χ2v) is 7.00. The van der Waals surface area contributed by atoms with Gasteiger partial charge in [0.15, 0.2) is 0 Å². The molecule has 0 amide bonds. The number of nitrogens with zero attached hydrogens (tertiary/aromatic N) is 1. The summed E-state index contributed by atoms with van der Waals surface area (Å²) >= 11 is 1.08. The number of carbonyl (C=O) groups excluding carboxylic acids is 1. The maximum atomic E-state index is 12.4. The van der Waals surface area contributed by atoms with Crippen LogP contribution in [0.3, 0.4) is 0 Å². The Kier molecular flexibility index (Phi) is 4.52. The fourth-order valence-corrected chi connectivity index (χ4v) is 4.43. The van der Waals surface area contributed by atoms with Gasteiger partial charge in [0.25, 0.3) is 0 Å². The summed E-state index contributed by atoms with van der Waals surface area (Å²) < 4.78 is 30.7. The summed E-state index contributed by atoms with van der Waals surface area (Å²) in [6.07, 6.45) is 0. The van der Waals surface area contributed by atoms with Crippen LogP contribution in [0.25, 0.3) is 0 Å². The first-order chi connectivity index (χ1) is 8.23. The third kappa shape index (κ3) is 2.57. The number of aryl methyl sites for hydroxylation is 1. The van der Waals surface area contributed by atoms with Gasteiger partial charge in [-0.25, -0.2) is 13.2 Å². The average Bonchev–Trinajstić information content (AvgIpc) is 2.69. The Hall–Kier alpha value is -0.920. The number of hydrogen-bond donors (Lipinski definition) is 0. The number of thiophene rings is 1. The molecule has 0 saturated carbocycles. The minimum Gasteiger partial charge on any atom is -0.465 e. The standard InChI is InChI=1S/C11H17NO4S2/c1-7(2)12(4)18(14,15)10-8(3)6-17-9(10)11(13)16-5/h6-7H,1-5H3. The molecule has 18 heavy (non-hydrogen) atoms. The maximum Gasteiger partial charge on any atom is 0.349 e. The van der Waals surface area contributed by atoms with Crippen molar-refractivity contribution < 1.29 is 17.9 Å². The lowest BCUT2D eigenvalue weighted by Gasteiger charge is -2.21. The van der Waals surface area contributed by atoms with Gasteiger partial charge in [-0.1, -0.05) is 0 Å². The molecule has 0 aromatic carbocycles. The van der Waals surface area contributed by atoms with Crippen LogP contribution in [0.5, 0.6) is 0 Å². The molecule has 1 aromatic heterocycles. The van der Waals surface area contributed by atoms with Crippen molar-refractivity contribution in [3.8, 4) is 0 Å². The highest BCUT2D eigenvalue weighted by Gasteiger charge is 2.31. The maximum absolute atomic E-state index is 12.4. The highest BCUT2D eigenvalue weighted by Crippen LogP contribution is 2.30. The first-order valence-corrected chi connectivity index (χ1v) is 7.69. The Bertz CT molecular complexity index is 545. The summed E-state index contributed by atoms with van der Waals surface area (Å²) in [5.74, 6) is -0.621. The van der Waals surface area contributed by atoms with Crippen LogP contribution in [-0.4, -0.2) is 38.9 Å². The van der Waals surface area contributed by atoms with E-state index < -0.39 is 16.0 Å². The van der Waals surface area contributed by atoms with Crippen LogP contribution in [0.1, 0.15) is 29.1 Å². The molecule has 0 aliphatic carbocycles. The van der Waals surface area contributed by atoms with Crippen molar-refractivity contribution in [1.29, 1.82) is 0 Å². The number of rotatable bonds is 4. The summed E-state index contributed by atoms with van der Waals surface area (Å²) in [4.78, 5) is 11.8. The van der Waals surface area contributed by atoms with Crippen LogP contribution in [0.4, 0.5) is 0 Å². The smallest absolute Gasteiger partial charge is 0.349 e. The molecule has 1 aromatic rings. The lowest BCUT2D eigenvalue weighted by atomic mass is 10.3. The van der Waals surface area contributed by atoms with E-state index in [-0.39, 0.29) is 15.8 Å². The van der Waals surface area contributed by atoms with Crippen molar-refractivity contribution in [2.24, 2.45) is 0 Å². The average molecular weight is 291 g/mol. The van der Waals surface area contributed by atoms with E-state index in [0.29, 0.717) is 5.56 Å². The quantitative estimate of drug-likeness (QED) is 0.794. The van der Waals surface area contributed by atoms with Crippen LogP contribution >= 0.6 is 11.3 Å². The number of esters is 1. The van der Waals surface area contributed by atoms with Gasteiger partial charge in [0.2, 0.25) is 10.0 Å². The van der Waals surface area contributed by atoms with Gasteiger partial charge >= 0.3 is 5.97 Å². The molecule has 0 fully saturated rings. The van der Waals surface area contributed by atoms with Gasteiger partial charge in [0.1, 0.15) is 9.77 Å². The van der Waals surface area contributed by atoms with E-state index in [1.807, 2.05) is 0 Å². The zero-order valence-electron chi connectivity index (χ0n) is 11.1. The molecule has 102 valence electrons. The second-order valence-electron chi connectivity index (χ2n) is 4.18. The van der Waals surface area contributed by atoms with Crippen LogP contribution in [0, 0.1) is 6.92 Å². The molecule has 7 heteroatoms. The third-order valence-electron chi connectivity index (χ3n) is 2.65. The topological polar surface area (TPSA) is 63.7 Å². The van der Waals surface area contributed by atoms with Crippen molar-refractivity contribution in [2.45, 2.75) is 31.7 Å². The SMILES string of the molecule is COC(=O)c1scc(C)c1S(=O)(=O)N(C)C(C)C. The van der Waals surface area contributed by atoms with Gasteiger partial charge in [-0.2, -0.15) is 4.31 Å². The summed E-state index contributed by atoms with van der Waals surface area (Å²) in [5.41, 5.74) is 0.563. The molecule has 0 bridgehead atoms. The van der Waals surface area contributed by atoms with Crippen molar-refractivity contribution in [2.75, 3.05) is 14.2 Å². The van der Waals surface area contributed by atoms with Gasteiger partial charge in [-0.15, -0.1) is 11.3 Å². The van der Waals surface area contributed by atoms with Gasteiger partial charge in [0.05, 0.1) is 7.11 Å². The van der Waals surface area contributed by atoms with E-state index in [4.69, 9.17) is 0 Å². The van der Waals surface area contributed by atoms with E-state index in [9.17, 15) is 13.2 Å². The molecular weight excluding hydrogens is 274 g/mol. The third-order valence-corrected chi connectivity index (χ3v) is 6.08. The van der Waals surface area contributed by atoms with E-state index in [1.54, 1.807) is 26.2 Å². The highest BCUT2D eigenvalue weighted by molar-refractivity contribution is 7.89. The molecule has 0 spiro atoms. The summed E-state index contributed by atoms with van der Waals surface area (Å²) in [5, 5.41) is 1.65. The van der Waals surface area contributed by atoms with Gasteiger partial charge < -0.3 is 4.74 Å². The van der Waals surface area contributed by atoms with E-state index >= 15 is 0 Å². The molecule has 1 rings (SSSR count). The Labute approximate surface area is 111 Å². The van der Waals surface area contributed by atoms with E-state index in [0.717, 1.165) is 11.3 Å². The molecule has 0 atom stereocenters. The Morgan fingerprint density at radius 1 is 1.44 bits per heavy atom. The minimum absolute atomic E-state index is 0.0514. The lowest BCUT2D eigenvalue weighted by Crippen LogP contribution is -2.34. The number of ether oxygens (including phenoxy) is 1. The lowest BCUT2D eigenvalue weighted by molar-refractivity contribution is 0.0602. The van der Waals surface area contributed by atoms with Gasteiger partial charge in [-0.3, -0.25) is 0 Å². The van der Waals surface area contributed by atoms with E-state index in [2.05, 4.69) is 4.74 Å². The van der Waals surface area contributed by atoms with Crippen LogP contribution in [0.15, 0.2) is 10.3 Å². The van der Waals surface area contributed by atoms with Crippen molar-refractivity contribution in [3.63, 3.8) is 0 Å². The Balaban J connectivity index is 3.41. The predicted octanol–water partition coefficient (Wildman–Crippen LogP) is 1.87. The number of methoxy groups -OCH3 is 1. The molecule has 0 aliphatic rings. The fraction of sp³-hybridized carbons (Fsp3) is 0.545. The molecule has 0 unspecified atom stereocenters. The largest absolute Gasteiger partial charge is 0.465 e. The monoisotopic (exact) mass is 291 g/mol. The van der Waals surface area contributed by atoms with Crippen molar-refractivity contribution in [3.05, 3.63) is 15.8 Å². The van der Waals surface area contributed by atoms with Gasteiger partial charge in [0, 0.05) is 13.1 Å². The van der Waals surface area contributed by atoms with Crippen molar-refractivity contribution >= 4 is 27.3 Å². The summed E-state index contributed by atoms with van der Waals surface area (Å²) in [7, 11) is -0.934. The minimum atomic E-state index is -3.67. The Morgan fingerprint density at radius 2 is 2.00 bits per heavy atom. The van der Waals surface area contributed by atoms with E-state index in [1.165, 1.54) is 18.5 Å². The van der Waals surface area contributed by atoms with Crippen LogP contribution in [0.2, 0.25) is 0 Å².